The topological polar surface area (TPSA) is 124 Å². The van der Waals surface area contributed by atoms with Gasteiger partial charge in [0.05, 0.1) is 26.4 Å². The van der Waals surface area contributed by atoms with Gasteiger partial charge in [-0.25, -0.2) is 18.4 Å². The second-order valence-corrected chi connectivity index (χ2v) is 13.6. The summed E-state index contributed by atoms with van der Waals surface area (Å²) in [5, 5.41) is 14.0. The summed E-state index contributed by atoms with van der Waals surface area (Å²) in [5.74, 6) is 0. The van der Waals surface area contributed by atoms with E-state index in [0.717, 1.165) is 21.1 Å². The number of aromatic nitrogens is 2. The Hall–Kier alpha value is -2.19. The average molecular weight is 603 g/mol. The fraction of sp³-hybridized carbons (Fsp3) is 0.250. The molecule has 13 heteroatoms. The normalized spacial score (nSPS) is 11.1. The summed E-state index contributed by atoms with van der Waals surface area (Å²) in [5.41, 5.74) is 2.02. The Balaban J connectivity index is 0.000000215. The van der Waals surface area contributed by atoms with Crippen LogP contribution in [0.4, 0.5) is 0 Å². The molecule has 0 amide bonds. The molecule has 2 aromatic carbocycles. The molecule has 0 spiro atoms. The van der Waals surface area contributed by atoms with Crippen LogP contribution in [0.2, 0.25) is 0 Å². The van der Waals surface area contributed by atoms with Gasteiger partial charge in [0, 0.05) is 53.3 Å². The molecule has 4 rings (SSSR count). The lowest BCUT2D eigenvalue weighted by Crippen LogP contribution is -2.09. The molecule has 0 aliphatic rings. The Morgan fingerprint density at radius 2 is 1.24 bits per heavy atom. The Bertz CT molecular complexity index is 1390. The van der Waals surface area contributed by atoms with Crippen LogP contribution in [-0.4, -0.2) is 45.1 Å². The van der Waals surface area contributed by atoms with Crippen molar-refractivity contribution in [3.63, 3.8) is 0 Å². The van der Waals surface area contributed by atoms with Gasteiger partial charge in [-0.05, 0) is 38.1 Å². The molecule has 8 nitrogen and oxygen atoms in total. The van der Waals surface area contributed by atoms with Crippen molar-refractivity contribution in [2.45, 2.75) is 36.5 Å². The number of hydrogen-bond donors (Lipinski definition) is 1. The molecular weight excluding hydrogens is 576 g/mol. The minimum absolute atomic E-state index is 0.115. The molecule has 0 aliphatic carbocycles. The third-order valence-electron chi connectivity index (χ3n) is 4.46. The molecule has 4 aromatic rings. The van der Waals surface area contributed by atoms with Gasteiger partial charge in [0.15, 0.2) is 0 Å². The number of aliphatic hydroxyl groups is 1. The van der Waals surface area contributed by atoms with E-state index in [-0.39, 0.29) is 23.0 Å². The van der Waals surface area contributed by atoms with Crippen LogP contribution < -0.4 is 0 Å². The number of rotatable bonds is 8. The first-order valence-corrected chi connectivity index (χ1v) is 16.3. The zero-order chi connectivity index (χ0) is 27.3. The SMILES string of the molecule is Cc1ccc(S(=O)(=O)Cl)cc1.Cc1ccc(S(=O)(=O)OCCc2nccs2)cc1.OCCc1nccs1. The minimum atomic E-state index is -3.65. The van der Waals surface area contributed by atoms with E-state index in [1.807, 2.05) is 24.6 Å². The highest BCUT2D eigenvalue weighted by Crippen LogP contribution is 2.15. The van der Waals surface area contributed by atoms with Crippen molar-refractivity contribution in [1.82, 2.24) is 9.97 Å². The molecule has 0 radical (unpaired) electrons. The summed E-state index contributed by atoms with van der Waals surface area (Å²) >= 11 is 3.06. The van der Waals surface area contributed by atoms with E-state index in [4.69, 9.17) is 20.0 Å². The monoisotopic (exact) mass is 602 g/mol. The van der Waals surface area contributed by atoms with Crippen LogP contribution >= 0.6 is 33.4 Å². The highest BCUT2D eigenvalue weighted by Gasteiger charge is 2.14. The number of halogens is 1. The number of aliphatic hydroxyl groups excluding tert-OH is 1. The molecule has 0 saturated carbocycles. The summed E-state index contributed by atoms with van der Waals surface area (Å²) in [6.45, 7) is 4.10. The molecule has 0 atom stereocenters. The predicted molar refractivity (Wildman–Crippen MR) is 147 cm³/mol. The quantitative estimate of drug-likeness (QED) is 0.221. The number of nitrogens with zero attached hydrogens (tertiary/aromatic N) is 2. The number of aryl methyl sites for hydroxylation is 2. The van der Waals surface area contributed by atoms with E-state index in [1.54, 1.807) is 60.1 Å². The van der Waals surface area contributed by atoms with Crippen LogP contribution in [0.5, 0.6) is 0 Å². The predicted octanol–water partition coefficient (Wildman–Crippen LogP) is 5.00. The smallest absolute Gasteiger partial charge is 0.296 e. The number of thiazole rings is 2. The molecule has 200 valence electrons. The highest BCUT2D eigenvalue weighted by atomic mass is 35.7. The summed E-state index contributed by atoms with van der Waals surface area (Å²) in [6, 6.07) is 13.0. The van der Waals surface area contributed by atoms with Gasteiger partial charge in [-0.2, -0.15) is 8.42 Å². The summed E-state index contributed by atoms with van der Waals surface area (Å²) in [6.07, 6.45) is 4.63. The molecule has 0 fully saturated rings. The first-order valence-electron chi connectivity index (χ1n) is 10.9. The van der Waals surface area contributed by atoms with E-state index in [2.05, 4.69) is 9.97 Å². The molecule has 0 saturated heterocycles. The van der Waals surface area contributed by atoms with Crippen molar-refractivity contribution in [1.29, 1.82) is 0 Å². The average Bonchev–Trinajstić information content (AvgIpc) is 3.55. The van der Waals surface area contributed by atoms with Gasteiger partial charge in [-0.1, -0.05) is 35.4 Å². The Kier molecular flexibility index (Phi) is 12.8. The lowest BCUT2D eigenvalue weighted by Gasteiger charge is -2.04. The largest absolute Gasteiger partial charge is 0.396 e. The lowest BCUT2D eigenvalue weighted by atomic mass is 10.2. The molecule has 0 aliphatic heterocycles. The Morgan fingerprint density at radius 3 is 1.65 bits per heavy atom. The van der Waals surface area contributed by atoms with Gasteiger partial charge in [-0.3, -0.25) is 4.18 Å². The highest BCUT2D eigenvalue weighted by molar-refractivity contribution is 8.13. The fourth-order valence-corrected chi connectivity index (χ4v) is 5.45. The second kappa shape index (κ2) is 15.3. The van der Waals surface area contributed by atoms with Crippen molar-refractivity contribution < 1.29 is 26.1 Å². The molecule has 0 bridgehead atoms. The van der Waals surface area contributed by atoms with Crippen molar-refractivity contribution >= 4 is 52.5 Å². The van der Waals surface area contributed by atoms with E-state index < -0.39 is 19.2 Å². The van der Waals surface area contributed by atoms with Crippen molar-refractivity contribution in [2.24, 2.45) is 0 Å². The summed E-state index contributed by atoms with van der Waals surface area (Å²) in [7, 11) is -2.12. The molecule has 2 heterocycles. The standard InChI is InChI=1S/C12H13NO3S2.C7H7ClO2S.C5H7NOS/c1-10-2-4-11(5-3-10)18(14,15)16-8-6-12-13-7-9-17-12;1-6-2-4-7(5-3-6)11(8,9)10;7-3-1-5-6-2-4-8-5/h2-5,7,9H,6,8H2,1H3;2-5H,1H3;2,4,7H,1,3H2. The van der Waals surface area contributed by atoms with Gasteiger partial charge in [-0.15, -0.1) is 22.7 Å². The fourth-order valence-electron chi connectivity index (χ4n) is 2.56. The number of hydrogen-bond acceptors (Lipinski definition) is 10. The van der Waals surface area contributed by atoms with Gasteiger partial charge >= 0.3 is 0 Å². The first-order chi connectivity index (χ1) is 17.5. The molecule has 1 N–H and O–H groups in total. The van der Waals surface area contributed by atoms with Crippen LogP contribution in [0.15, 0.2) is 81.5 Å². The summed E-state index contributed by atoms with van der Waals surface area (Å²) < 4.78 is 50.1. The maximum absolute atomic E-state index is 11.8. The summed E-state index contributed by atoms with van der Waals surface area (Å²) in [4.78, 5) is 8.36. The maximum Gasteiger partial charge on any atom is 0.296 e. The van der Waals surface area contributed by atoms with E-state index in [0.29, 0.717) is 12.8 Å². The molecular formula is C24H27ClN2O6S4. The molecule has 2 aromatic heterocycles. The minimum Gasteiger partial charge on any atom is -0.396 e. The molecule has 37 heavy (non-hydrogen) atoms. The van der Waals surface area contributed by atoms with Gasteiger partial charge in [0.25, 0.3) is 19.2 Å². The van der Waals surface area contributed by atoms with Crippen molar-refractivity contribution in [3.8, 4) is 0 Å². The second-order valence-electron chi connectivity index (χ2n) is 7.42. The van der Waals surface area contributed by atoms with E-state index in [9.17, 15) is 16.8 Å². The lowest BCUT2D eigenvalue weighted by molar-refractivity contribution is 0.299. The maximum atomic E-state index is 11.8. The third kappa shape index (κ3) is 11.8. The van der Waals surface area contributed by atoms with Gasteiger partial charge in [0.2, 0.25) is 0 Å². The van der Waals surface area contributed by atoms with Gasteiger partial charge < -0.3 is 5.11 Å². The van der Waals surface area contributed by atoms with E-state index >= 15 is 0 Å². The van der Waals surface area contributed by atoms with Crippen molar-refractivity contribution in [3.05, 3.63) is 92.8 Å². The first kappa shape index (κ1) is 31.0. The molecule has 0 unspecified atom stereocenters. The van der Waals surface area contributed by atoms with Crippen LogP contribution in [0.1, 0.15) is 21.1 Å². The number of benzene rings is 2. The zero-order valence-electron chi connectivity index (χ0n) is 20.2. The van der Waals surface area contributed by atoms with Crippen LogP contribution in [0.3, 0.4) is 0 Å². The Morgan fingerprint density at radius 1 is 0.784 bits per heavy atom. The zero-order valence-corrected chi connectivity index (χ0v) is 24.2. The van der Waals surface area contributed by atoms with Crippen LogP contribution in [-0.2, 0) is 36.2 Å². The van der Waals surface area contributed by atoms with Gasteiger partial charge in [0.1, 0.15) is 0 Å². The van der Waals surface area contributed by atoms with E-state index in [1.165, 1.54) is 23.5 Å². The Labute approximate surface area is 230 Å². The third-order valence-corrected chi connectivity index (χ3v) is 8.83. The van der Waals surface area contributed by atoms with Crippen LogP contribution in [0.25, 0.3) is 0 Å². The van der Waals surface area contributed by atoms with Crippen LogP contribution in [0, 0.1) is 13.8 Å². The van der Waals surface area contributed by atoms with Crippen molar-refractivity contribution in [2.75, 3.05) is 13.2 Å².